The van der Waals surface area contributed by atoms with Gasteiger partial charge in [-0.15, -0.1) is 20.4 Å². The molecule has 0 bridgehead atoms. The van der Waals surface area contributed by atoms with Gasteiger partial charge in [-0.3, -0.25) is 9.59 Å². The second-order valence-electron chi connectivity index (χ2n) is 15.0. The van der Waals surface area contributed by atoms with E-state index in [9.17, 15) is 9.59 Å². The molecule has 8 rings (SSSR count). The maximum Gasteiger partial charge on any atom is 0.253 e. The number of halogens is 2. The number of nitrogens with zero attached hydrogens (tertiary/aromatic N) is 8. The highest BCUT2D eigenvalue weighted by molar-refractivity contribution is 9.10. The van der Waals surface area contributed by atoms with E-state index in [4.69, 9.17) is 11.6 Å². The monoisotopic (exact) mass is 844 g/mol. The maximum absolute atomic E-state index is 13.0. The summed E-state index contributed by atoms with van der Waals surface area (Å²) in [5, 5.41) is 36.8. The van der Waals surface area contributed by atoms with Crippen molar-refractivity contribution in [3.8, 4) is 0 Å². The molecule has 0 aliphatic heterocycles. The molecule has 0 atom stereocenters. The highest BCUT2D eigenvalue weighted by Crippen LogP contribution is 2.31. The normalized spacial score (nSPS) is 15.6. The third-order valence-corrected chi connectivity index (χ3v) is 12.2. The van der Waals surface area contributed by atoms with Gasteiger partial charge >= 0.3 is 0 Å². The van der Waals surface area contributed by atoms with Crippen molar-refractivity contribution in [1.82, 2.24) is 61.0 Å². The number of carbonyl (C=O) groups excluding carboxylic acids is 2. The van der Waals surface area contributed by atoms with Crippen LogP contribution in [-0.2, 0) is 25.9 Å². The van der Waals surface area contributed by atoms with Crippen LogP contribution in [0, 0.1) is 11.8 Å². The van der Waals surface area contributed by atoms with Gasteiger partial charge in [0, 0.05) is 72.2 Å². The van der Waals surface area contributed by atoms with Crippen LogP contribution < -0.4 is 10.6 Å². The Balaban J connectivity index is 0.000000172. The topological polar surface area (TPSA) is 177 Å². The van der Waals surface area contributed by atoms with Gasteiger partial charge < -0.3 is 19.8 Å². The third kappa shape index (κ3) is 10.0. The van der Waals surface area contributed by atoms with Crippen LogP contribution in [0.25, 0.3) is 21.8 Å². The molecular formula is C40H50BrClN12O2. The quantitative estimate of drug-likeness (QED) is 0.0910. The van der Waals surface area contributed by atoms with Gasteiger partial charge in [0.15, 0.2) is 11.6 Å². The molecule has 296 valence electrons. The SMILES string of the molecule is O=C(NCC1CCCCCC1)c1cn(CCc2nn[nH]n2)c2cccc(Br)c12.O=C(NCC1CCCCCC1)c1cn(CCc2nn[nH]n2)c2cccc(Cl)c12. The fourth-order valence-corrected chi connectivity index (χ4v) is 8.99. The van der Waals surface area contributed by atoms with E-state index in [1.807, 2.05) is 53.4 Å². The molecule has 16 heteroatoms. The Bertz CT molecular complexity index is 2010. The lowest BCUT2D eigenvalue weighted by Crippen LogP contribution is -2.29. The summed E-state index contributed by atoms with van der Waals surface area (Å²) < 4.78 is 5.07. The molecule has 0 unspecified atom stereocenters. The smallest absolute Gasteiger partial charge is 0.253 e. The lowest BCUT2D eigenvalue weighted by Gasteiger charge is -2.14. The van der Waals surface area contributed by atoms with Gasteiger partial charge in [0.05, 0.1) is 21.7 Å². The van der Waals surface area contributed by atoms with Gasteiger partial charge in [0.2, 0.25) is 0 Å². The van der Waals surface area contributed by atoms with E-state index in [1.165, 1.54) is 77.0 Å². The number of carbonyl (C=O) groups is 2. The third-order valence-electron chi connectivity index (χ3n) is 11.2. The largest absolute Gasteiger partial charge is 0.352 e. The summed E-state index contributed by atoms with van der Waals surface area (Å²) in [7, 11) is 0. The Morgan fingerprint density at radius 3 is 1.62 bits per heavy atom. The van der Waals surface area contributed by atoms with Crippen molar-refractivity contribution >= 4 is 61.2 Å². The zero-order valence-electron chi connectivity index (χ0n) is 31.7. The van der Waals surface area contributed by atoms with Crippen LogP contribution in [0.4, 0.5) is 0 Å². The van der Waals surface area contributed by atoms with Gasteiger partial charge in [-0.05, 0) is 61.8 Å². The Labute approximate surface area is 339 Å². The first-order chi connectivity index (χ1) is 27.4. The Morgan fingerprint density at radius 1 is 0.679 bits per heavy atom. The van der Waals surface area contributed by atoms with Gasteiger partial charge in [-0.25, -0.2) is 0 Å². The fraction of sp³-hybridized carbons (Fsp3) is 0.500. The molecule has 0 spiro atoms. The summed E-state index contributed by atoms with van der Waals surface area (Å²) in [6, 6.07) is 11.7. The van der Waals surface area contributed by atoms with E-state index < -0.39 is 0 Å². The number of hydrogen-bond acceptors (Lipinski definition) is 8. The van der Waals surface area contributed by atoms with Crippen molar-refractivity contribution in [2.75, 3.05) is 13.1 Å². The lowest BCUT2D eigenvalue weighted by molar-refractivity contribution is 0.0939. The number of fused-ring (bicyclic) bond motifs is 2. The molecular weight excluding hydrogens is 796 g/mol. The Kier molecular flexibility index (Phi) is 13.8. The molecule has 4 N–H and O–H groups in total. The van der Waals surface area contributed by atoms with Crippen LogP contribution in [0.15, 0.2) is 53.3 Å². The number of rotatable bonds is 12. The van der Waals surface area contributed by atoms with Crippen molar-refractivity contribution in [2.24, 2.45) is 11.8 Å². The minimum absolute atomic E-state index is 0.000502. The van der Waals surface area contributed by atoms with Crippen molar-refractivity contribution in [1.29, 1.82) is 0 Å². The number of tetrazole rings is 2. The average Bonchev–Trinajstić information content (AvgIpc) is 3.99. The first kappa shape index (κ1) is 39.6. The number of H-pyrrole nitrogens is 2. The zero-order valence-corrected chi connectivity index (χ0v) is 34.0. The maximum atomic E-state index is 13.0. The molecule has 2 aliphatic carbocycles. The molecule has 4 aromatic heterocycles. The van der Waals surface area contributed by atoms with Crippen LogP contribution in [0.5, 0.6) is 0 Å². The van der Waals surface area contributed by atoms with E-state index in [2.05, 4.69) is 72.4 Å². The van der Waals surface area contributed by atoms with Crippen LogP contribution in [0.1, 0.15) is 109 Å². The molecule has 56 heavy (non-hydrogen) atoms. The molecule has 4 heterocycles. The number of aromatic nitrogens is 10. The summed E-state index contributed by atoms with van der Waals surface area (Å²) in [6.45, 7) is 2.83. The summed E-state index contributed by atoms with van der Waals surface area (Å²) in [4.78, 5) is 26.0. The Hall–Kier alpha value is -4.63. The highest BCUT2D eigenvalue weighted by atomic mass is 79.9. The molecule has 2 fully saturated rings. The number of benzene rings is 2. The lowest BCUT2D eigenvalue weighted by atomic mass is 10.0. The van der Waals surface area contributed by atoms with Gasteiger partial charge in [-0.2, -0.15) is 10.4 Å². The molecule has 14 nitrogen and oxygen atoms in total. The fourth-order valence-electron chi connectivity index (χ4n) is 8.15. The summed E-state index contributed by atoms with van der Waals surface area (Å²) >= 11 is 10.1. The van der Waals surface area contributed by atoms with Crippen molar-refractivity contribution in [3.63, 3.8) is 0 Å². The highest BCUT2D eigenvalue weighted by Gasteiger charge is 2.21. The van der Waals surface area contributed by atoms with E-state index >= 15 is 0 Å². The van der Waals surface area contributed by atoms with Gasteiger partial charge in [-0.1, -0.05) is 101 Å². The first-order valence-electron chi connectivity index (χ1n) is 20.0. The second kappa shape index (κ2) is 19.5. The number of hydrogen-bond donors (Lipinski definition) is 4. The van der Waals surface area contributed by atoms with Gasteiger partial charge in [0.25, 0.3) is 11.8 Å². The Morgan fingerprint density at radius 2 is 1.14 bits per heavy atom. The summed E-state index contributed by atoms with van der Waals surface area (Å²) in [5.74, 6) is 2.43. The van der Waals surface area contributed by atoms with E-state index in [-0.39, 0.29) is 11.8 Å². The minimum atomic E-state index is -0.0549. The van der Waals surface area contributed by atoms with E-state index in [0.717, 1.165) is 39.4 Å². The summed E-state index contributed by atoms with van der Waals surface area (Å²) in [5.41, 5.74) is 3.31. The van der Waals surface area contributed by atoms with Crippen molar-refractivity contribution in [3.05, 3.63) is 81.1 Å². The molecule has 0 radical (unpaired) electrons. The van der Waals surface area contributed by atoms with Crippen molar-refractivity contribution in [2.45, 2.75) is 103 Å². The van der Waals surface area contributed by atoms with Crippen molar-refractivity contribution < 1.29 is 9.59 Å². The van der Waals surface area contributed by atoms with Crippen LogP contribution >= 0.6 is 27.5 Å². The number of aromatic amines is 2. The predicted molar refractivity (Wildman–Crippen MR) is 219 cm³/mol. The number of amides is 2. The predicted octanol–water partition coefficient (Wildman–Crippen LogP) is 7.61. The molecule has 2 amide bonds. The number of aryl methyl sites for hydroxylation is 4. The molecule has 2 saturated carbocycles. The zero-order chi connectivity index (χ0) is 38.7. The van der Waals surface area contributed by atoms with E-state index in [1.54, 1.807) is 0 Å². The second-order valence-corrected chi connectivity index (χ2v) is 16.3. The molecule has 2 aromatic carbocycles. The first-order valence-corrected chi connectivity index (χ1v) is 21.2. The standard InChI is InChI=1S/C20H25BrN6O.C20H25ClN6O/c2*21-16-8-5-9-17-19(16)15(13-27(17)11-10-18-23-25-26-24-18)20(28)22-12-14-6-3-1-2-4-7-14/h2*5,8-9,13-14H,1-4,6-7,10-12H2,(H,22,28)(H,23,24,25,26). The van der Waals surface area contributed by atoms with E-state index in [0.29, 0.717) is 65.6 Å². The van der Waals surface area contributed by atoms with Gasteiger partial charge in [0.1, 0.15) is 0 Å². The van der Waals surface area contributed by atoms with Crippen LogP contribution in [0.2, 0.25) is 5.02 Å². The molecule has 6 aromatic rings. The molecule has 0 saturated heterocycles. The summed E-state index contributed by atoms with van der Waals surface area (Å²) in [6.07, 6.45) is 20.3. The molecule has 2 aliphatic rings. The van der Waals surface area contributed by atoms with Crippen LogP contribution in [0.3, 0.4) is 0 Å². The average molecular weight is 846 g/mol. The number of nitrogens with one attached hydrogen (secondary N) is 4. The minimum Gasteiger partial charge on any atom is -0.352 e. The van der Waals surface area contributed by atoms with Crippen LogP contribution in [-0.4, -0.2) is 75.3 Å².